The Balaban J connectivity index is 1.39. The maximum Gasteiger partial charge on any atom is 0.413 e. The van der Waals surface area contributed by atoms with Gasteiger partial charge in [-0.05, 0) is 31.4 Å². The van der Waals surface area contributed by atoms with Crippen LogP contribution in [-0.4, -0.2) is 48.1 Å². The number of rotatable bonds is 4. The molecule has 2 aliphatic rings. The molecule has 28 heavy (non-hydrogen) atoms. The lowest BCUT2D eigenvalue weighted by molar-refractivity contribution is -0.120. The molecule has 0 radical (unpaired) electrons. The molecular formula is C20H24N4O3S. The van der Waals surface area contributed by atoms with E-state index in [0.29, 0.717) is 24.8 Å². The Morgan fingerprint density at radius 3 is 2.96 bits per heavy atom. The summed E-state index contributed by atoms with van der Waals surface area (Å²) >= 11 is 1.45. The molecule has 0 unspecified atom stereocenters. The van der Waals surface area contributed by atoms with Gasteiger partial charge in [0.1, 0.15) is 0 Å². The molecule has 0 bridgehead atoms. The number of aromatic nitrogens is 1. The monoisotopic (exact) mass is 400 g/mol. The fourth-order valence-corrected chi connectivity index (χ4v) is 4.80. The van der Waals surface area contributed by atoms with E-state index in [0.717, 1.165) is 48.6 Å². The first kappa shape index (κ1) is 18.9. The Kier molecular flexibility index (Phi) is 5.59. The van der Waals surface area contributed by atoms with Gasteiger partial charge in [-0.15, -0.1) is 0 Å². The highest BCUT2D eigenvalue weighted by Gasteiger charge is 2.27. The minimum atomic E-state index is -0.482. The Bertz CT molecular complexity index is 882. The van der Waals surface area contributed by atoms with Gasteiger partial charge in [0.2, 0.25) is 5.91 Å². The number of benzene rings is 1. The van der Waals surface area contributed by atoms with Gasteiger partial charge in [-0.2, -0.15) is 0 Å². The fourth-order valence-electron chi connectivity index (χ4n) is 3.76. The number of nitrogens with zero attached hydrogens (tertiary/aromatic N) is 3. The summed E-state index contributed by atoms with van der Waals surface area (Å²) in [6, 6.07) is 8.17. The van der Waals surface area contributed by atoms with Crippen molar-refractivity contribution in [2.75, 3.05) is 36.5 Å². The van der Waals surface area contributed by atoms with Crippen LogP contribution in [0.1, 0.15) is 29.5 Å². The second-order valence-corrected chi connectivity index (χ2v) is 8.06. The molecule has 2 aromatic rings. The summed E-state index contributed by atoms with van der Waals surface area (Å²) < 4.78 is 4.90. The summed E-state index contributed by atoms with van der Waals surface area (Å²) in [5.74, 6) is 0.144. The predicted octanol–water partition coefficient (Wildman–Crippen LogP) is 3.05. The molecule has 0 spiro atoms. The van der Waals surface area contributed by atoms with E-state index in [1.165, 1.54) is 16.9 Å². The number of hydrogen-bond acceptors (Lipinski definition) is 6. The zero-order valence-electron chi connectivity index (χ0n) is 15.9. The molecule has 8 heteroatoms. The van der Waals surface area contributed by atoms with E-state index >= 15 is 0 Å². The van der Waals surface area contributed by atoms with Crippen molar-refractivity contribution in [3.8, 4) is 0 Å². The Hall–Kier alpha value is -2.45. The van der Waals surface area contributed by atoms with Crippen LogP contribution in [0.15, 0.2) is 24.3 Å². The first-order valence-corrected chi connectivity index (χ1v) is 10.5. The zero-order chi connectivity index (χ0) is 19.5. The highest BCUT2D eigenvalue weighted by molar-refractivity contribution is 7.15. The second-order valence-electron chi connectivity index (χ2n) is 6.97. The molecule has 1 aromatic heterocycles. The van der Waals surface area contributed by atoms with Crippen LogP contribution in [0.2, 0.25) is 0 Å². The van der Waals surface area contributed by atoms with Crippen LogP contribution in [0.3, 0.4) is 0 Å². The van der Waals surface area contributed by atoms with Crippen LogP contribution in [-0.2, 0) is 28.9 Å². The van der Waals surface area contributed by atoms with Gasteiger partial charge in [-0.1, -0.05) is 29.5 Å². The topological polar surface area (TPSA) is 74.8 Å². The van der Waals surface area contributed by atoms with Crippen LogP contribution in [0.5, 0.6) is 0 Å². The minimum Gasteiger partial charge on any atom is -0.450 e. The summed E-state index contributed by atoms with van der Waals surface area (Å²) in [6.45, 7) is 4.74. The van der Waals surface area contributed by atoms with E-state index in [1.807, 2.05) is 23.1 Å². The number of aryl methyl sites for hydroxylation is 1. The largest absolute Gasteiger partial charge is 0.450 e. The van der Waals surface area contributed by atoms with E-state index < -0.39 is 6.09 Å². The lowest BCUT2D eigenvalue weighted by atomic mass is 10.0. The van der Waals surface area contributed by atoms with Crippen molar-refractivity contribution < 1.29 is 14.3 Å². The van der Waals surface area contributed by atoms with Crippen molar-refractivity contribution in [2.24, 2.45) is 0 Å². The first-order valence-electron chi connectivity index (χ1n) is 9.67. The van der Waals surface area contributed by atoms with Crippen molar-refractivity contribution in [1.29, 1.82) is 0 Å². The molecule has 0 fully saturated rings. The molecule has 0 saturated carbocycles. The summed E-state index contributed by atoms with van der Waals surface area (Å²) in [5, 5.41) is 3.23. The minimum absolute atomic E-state index is 0.144. The molecule has 7 nitrogen and oxygen atoms in total. The molecule has 2 amide bonds. The fraction of sp³-hybridized carbons (Fsp3) is 0.450. The lowest BCUT2D eigenvalue weighted by Gasteiger charge is -2.32. The predicted molar refractivity (Wildman–Crippen MR) is 109 cm³/mol. The van der Waals surface area contributed by atoms with E-state index in [4.69, 9.17) is 4.74 Å². The smallest absolute Gasteiger partial charge is 0.413 e. The number of anilines is 2. The third-order valence-corrected chi connectivity index (χ3v) is 6.06. The van der Waals surface area contributed by atoms with Gasteiger partial charge in [0.05, 0.1) is 18.8 Å². The molecule has 148 valence electrons. The number of carbonyl (C=O) groups excluding carboxylic acids is 2. The van der Waals surface area contributed by atoms with Crippen LogP contribution < -0.4 is 10.2 Å². The van der Waals surface area contributed by atoms with Crippen LogP contribution in [0.4, 0.5) is 15.6 Å². The number of hydrogen-bond donors (Lipinski definition) is 1. The maximum absolute atomic E-state index is 13.0. The van der Waals surface area contributed by atoms with Crippen LogP contribution in [0.25, 0.3) is 0 Å². The standard InChI is InChI=1S/C20H24N4O3S/c1-2-27-20(26)22-19-21-15-9-11-23(12-17(15)28-19)13-18(25)24-10-5-7-14-6-3-4-8-16(14)24/h3-4,6,8H,2,5,7,9-13H2,1H3,(H,21,22,26). The molecule has 1 N–H and O–H groups in total. The quantitative estimate of drug-likeness (QED) is 0.854. The molecule has 1 aromatic carbocycles. The van der Waals surface area contributed by atoms with Gasteiger partial charge >= 0.3 is 6.09 Å². The number of carbonyl (C=O) groups is 2. The van der Waals surface area contributed by atoms with Crippen molar-refractivity contribution in [3.63, 3.8) is 0 Å². The Morgan fingerprint density at radius 1 is 1.25 bits per heavy atom. The summed E-state index contributed by atoms with van der Waals surface area (Å²) in [7, 11) is 0. The molecule has 4 rings (SSSR count). The average molecular weight is 401 g/mol. The van der Waals surface area contributed by atoms with E-state index in [2.05, 4.69) is 21.3 Å². The maximum atomic E-state index is 13.0. The van der Waals surface area contributed by atoms with E-state index in [-0.39, 0.29) is 5.91 Å². The van der Waals surface area contributed by atoms with Crippen molar-refractivity contribution in [1.82, 2.24) is 9.88 Å². The molecule has 0 saturated heterocycles. The summed E-state index contributed by atoms with van der Waals surface area (Å²) in [5.41, 5.74) is 3.30. The van der Waals surface area contributed by atoms with Crippen molar-refractivity contribution >= 4 is 34.2 Å². The molecule has 2 aliphatic heterocycles. The second kappa shape index (κ2) is 8.28. The zero-order valence-corrected chi connectivity index (χ0v) is 16.8. The van der Waals surface area contributed by atoms with Gasteiger partial charge in [0.25, 0.3) is 0 Å². The Labute approximate surface area is 168 Å². The number of fused-ring (bicyclic) bond motifs is 2. The van der Waals surface area contributed by atoms with Crippen LogP contribution >= 0.6 is 11.3 Å². The van der Waals surface area contributed by atoms with Gasteiger partial charge in [0, 0.05) is 36.6 Å². The highest BCUT2D eigenvalue weighted by atomic mass is 32.1. The molecular weight excluding hydrogens is 376 g/mol. The third-order valence-electron chi connectivity index (χ3n) is 5.06. The number of thiazole rings is 1. The molecule has 3 heterocycles. The summed E-state index contributed by atoms with van der Waals surface area (Å²) in [4.78, 5) is 34.2. The van der Waals surface area contributed by atoms with Gasteiger partial charge in [0.15, 0.2) is 5.13 Å². The number of ether oxygens (including phenoxy) is 1. The number of amides is 2. The first-order chi connectivity index (χ1) is 13.6. The van der Waals surface area contributed by atoms with E-state index in [9.17, 15) is 9.59 Å². The van der Waals surface area contributed by atoms with Crippen molar-refractivity contribution in [3.05, 3.63) is 40.4 Å². The highest BCUT2D eigenvalue weighted by Crippen LogP contribution is 2.30. The lowest BCUT2D eigenvalue weighted by Crippen LogP contribution is -2.44. The SMILES string of the molecule is CCOC(=O)Nc1nc2c(s1)CN(CC(=O)N1CCCc3ccccc31)CC2. The van der Waals surface area contributed by atoms with Crippen LogP contribution in [0, 0.1) is 0 Å². The number of para-hydroxylation sites is 1. The van der Waals surface area contributed by atoms with Gasteiger partial charge in [-0.25, -0.2) is 9.78 Å². The Morgan fingerprint density at radius 2 is 2.11 bits per heavy atom. The third kappa shape index (κ3) is 4.02. The average Bonchev–Trinajstić information content (AvgIpc) is 3.09. The molecule has 0 aliphatic carbocycles. The van der Waals surface area contributed by atoms with Gasteiger partial charge in [-0.3, -0.25) is 15.0 Å². The van der Waals surface area contributed by atoms with Gasteiger partial charge < -0.3 is 9.64 Å². The summed E-state index contributed by atoms with van der Waals surface area (Å²) in [6.07, 6.45) is 2.33. The molecule has 0 atom stereocenters. The van der Waals surface area contributed by atoms with Crippen molar-refractivity contribution in [2.45, 2.75) is 32.7 Å². The van der Waals surface area contributed by atoms with E-state index in [1.54, 1.807) is 6.92 Å². The normalized spacial score (nSPS) is 16.2. The number of nitrogens with one attached hydrogen (secondary N) is 1.